The van der Waals surface area contributed by atoms with Crippen LogP contribution < -0.4 is 5.43 Å². The second-order valence-electron chi connectivity index (χ2n) is 5.02. The fourth-order valence-electron chi connectivity index (χ4n) is 2.11. The van der Waals surface area contributed by atoms with Gasteiger partial charge in [-0.15, -0.1) is 0 Å². The third kappa shape index (κ3) is 3.84. The maximum atomic E-state index is 12.8. The van der Waals surface area contributed by atoms with Gasteiger partial charge in [0.2, 0.25) is 0 Å². The van der Waals surface area contributed by atoms with Gasteiger partial charge in [-0.3, -0.25) is 5.43 Å². The van der Waals surface area contributed by atoms with Gasteiger partial charge >= 0.3 is 6.18 Å². The number of hydrogen-bond donors (Lipinski definition) is 1. The number of para-hydroxylation sites is 1. The topological polar surface area (TPSA) is 37.5 Å². The van der Waals surface area contributed by atoms with Crippen LogP contribution in [0, 0.1) is 0 Å². The number of benzene rings is 2. The van der Waals surface area contributed by atoms with Crippen molar-refractivity contribution >= 4 is 11.9 Å². The Balaban J connectivity index is 1.74. The lowest BCUT2D eigenvalue weighted by molar-refractivity contribution is -0.137. The monoisotopic (exact) mass is 330 g/mol. The molecular formula is C18H13F3N2O. The third-order valence-electron chi connectivity index (χ3n) is 3.26. The first-order valence-corrected chi connectivity index (χ1v) is 7.14. The zero-order chi connectivity index (χ0) is 17.0. The predicted octanol–water partition coefficient (Wildman–Crippen LogP) is 5.41. The first kappa shape index (κ1) is 15.9. The van der Waals surface area contributed by atoms with Crippen LogP contribution in [-0.4, -0.2) is 6.21 Å². The Morgan fingerprint density at radius 2 is 1.71 bits per heavy atom. The lowest BCUT2D eigenvalue weighted by Gasteiger charge is -2.07. The van der Waals surface area contributed by atoms with Crippen LogP contribution >= 0.6 is 0 Å². The summed E-state index contributed by atoms with van der Waals surface area (Å²) in [6, 6.07) is 17.6. The summed E-state index contributed by atoms with van der Waals surface area (Å²) in [5, 5.41) is 4.03. The molecule has 122 valence electrons. The van der Waals surface area contributed by atoms with Crippen molar-refractivity contribution in [2.75, 3.05) is 5.43 Å². The highest BCUT2D eigenvalue weighted by Crippen LogP contribution is 2.32. The molecule has 0 radical (unpaired) electrons. The fourth-order valence-corrected chi connectivity index (χ4v) is 2.11. The van der Waals surface area contributed by atoms with Gasteiger partial charge in [0.05, 0.1) is 17.5 Å². The molecule has 1 aromatic heterocycles. The van der Waals surface area contributed by atoms with E-state index in [1.54, 1.807) is 18.2 Å². The smallest absolute Gasteiger partial charge is 0.416 e. The Labute approximate surface area is 136 Å². The van der Waals surface area contributed by atoms with E-state index in [-0.39, 0.29) is 0 Å². The van der Waals surface area contributed by atoms with E-state index in [2.05, 4.69) is 10.5 Å². The van der Waals surface area contributed by atoms with E-state index < -0.39 is 11.7 Å². The van der Waals surface area contributed by atoms with Gasteiger partial charge in [0.15, 0.2) is 0 Å². The molecule has 0 aliphatic heterocycles. The lowest BCUT2D eigenvalue weighted by Crippen LogP contribution is -2.04. The third-order valence-corrected chi connectivity index (χ3v) is 3.26. The Hall–Kier alpha value is -3.02. The van der Waals surface area contributed by atoms with E-state index in [1.165, 1.54) is 12.3 Å². The molecule has 24 heavy (non-hydrogen) atoms. The summed E-state index contributed by atoms with van der Waals surface area (Å²) in [7, 11) is 0. The van der Waals surface area contributed by atoms with E-state index >= 15 is 0 Å². The molecule has 0 aliphatic rings. The molecule has 0 saturated heterocycles. The molecule has 0 unspecified atom stereocenters. The summed E-state index contributed by atoms with van der Waals surface area (Å²) in [5.41, 5.74) is 3.30. The average Bonchev–Trinajstić information content (AvgIpc) is 3.04. The van der Waals surface area contributed by atoms with Crippen molar-refractivity contribution in [2.45, 2.75) is 6.18 Å². The van der Waals surface area contributed by atoms with Crippen LogP contribution in [0.5, 0.6) is 0 Å². The minimum Gasteiger partial charge on any atom is -0.455 e. The number of hydrogen-bond acceptors (Lipinski definition) is 3. The zero-order valence-electron chi connectivity index (χ0n) is 12.4. The quantitative estimate of drug-likeness (QED) is 0.513. The molecule has 0 amide bonds. The lowest BCUT2D eigenvalue weighted by atomic mass is 10.1. The van der Waals surface area contributed by atoms with Crippen molar-refractivity contribution in [3.63, 3.8) is 0 Å². The summed E-state index contributed by atoms with van der Waals surface area (Å²) >= 11 is 0. The van der Waals surface area contributed by atoms with Crippen LogP contribution in [0.3, 0.4) is 0 Å². The van der Waals surface area contributed by atoms with Crippen molar-refractivity contribution in [3.05, 3.63) is 78.1 Å². The van der Waals surface area contributed by atoms with Crippen molar-refractivity contribution in [3.8, 4) is 11.3 Å². The van der Waals surface area contributed by atoms with E-state index in [1.807, 2.05) is 30.3 Å². The number of halogens is 3. The maximum Gasteiger partial charge on any atom is 0.416 e. The van der Waals surface area contributed by atoms with Crippen molar-refractivity contribution in [1.29, 1.82) is 0 Å². The minimum atomic E-state index is -4.38. The van der Waals surface area contributed by atoms with E-state index in [4.69, 9.17) is 4.42 Å². The molecule has 2 aromatic carbocycles. The van der Waals surface area contributed by atoms with E-state index in [0.717, 1.165) is 17.8 Å². The van der Waals surface area contributed by atoms with E-state index in [9.17, 15) is 13.2 Å². The first-order valence-electron chi connectivity index (χ1n) is 7.14. The number of nitrogens with one attached hydrogen (secondary N) is 1. The highest BCUT2D eigenvalue weighted by Gasteiger charge is 2.30. The summed E-state index contributed by atoms with van der Waals surface area (Å²) in [6.07, 6.45) is -2.92. The summed E-state index contributed by atoms with van der Waals surface area (Å²) < 4.78 is 43.8. The van der Waals surface area contributed by atoms with Crippen molar-refractivity contribution < 1.29 is 17.6 Å². The number of anilines is 1. The largest absolute Gasteiger partial charge is 0.455 e. The summed E-state index contributed by atoms with van der Waals surface area (Å²) in [4.78, 5) is 0. The Morgan fingerprint density at radius 3 is 2.46 bits per heavy atom. The van der Waals surface area contributed by atoms with Crippen LogP contribution in [0.4, 0.5) is 18.9 Å². The maximum absolute atomic E-state index is 12.8. The van der Waals surface area contributed by atoms with Gasteiger partial charge in [0.25, 0.3) is 0 Å². The van der Waals surface area contributed by atoms with Crippen molar-refractivity contribution in [1.82, 2.24) is 0 Å². The standard InChI is InChI=1S/C18H13F3N2O/c19-18(20,21)14-6-4-5-13(11-14)17-10-9-16(24-17)12-22-23-15-7-2-1-3-8-15/h1-12,23H/b22-12-. The fraction of sp³-hybridized carbons (Fsp3) is 0.0556. The number of hydrazone groups is 1. The van der Waals surface area contributed by atoms with Crippen LogP contribution in [-0.2, 0) is 6.18 Å². The van der Waals surface area contributed by atoms with Gasteiger partial charge < -0.3 is 4.42 Å². The molecule has 1 heterocycles. The van der Waals surface area contributed by atoms with E-state index in [0.29, 0.717) is 17.1 Å². The van der Waals surface area contributed by atoms with Gasteiger partial charge in [-0.2, -0.15) is 18.3 Å². The molecule has 0 bridgehead atoms. The average molecular weight is 330 g/mol. The Kier molecular flexibility index (Phi) is 4.37. The van der Waals surface area contributed by atoms with Gasteiger partial charge in [-0.05, 0) is 36.4 Å². The normalized spacial score (nSPS) is 11.8. The SMILES string of the molecule is FC(F)(F)c1cccc(-c2ccc(/C=N\Nc3ccccc3)o2)c1. The number of furan rings is 1. The van der Waals surface area contributed by atoms with Crippen LogP contribution in [0.15, 0.2) is 76.2 Å². The molecule has 3 aromatic rings. The number of nitrogens with zero attached hydrogens (tertiary/aromatic N) is 1. The Morgan fingerprint density at radius 1 is 0.917 bits per heavy atom. The van der Waals surface area contributed by atoms with Gasteiger partial charge in [-0.1, -0.05) is 30.3 Å². The Bertz CT molecular complexity index is 839. The highest BCUT2D eigenvalue weighted by molar-refractivity contribution is 5.78. The molecule has 0 spiro atoms. The van der Waals surface area contributed by atoms with Gasteiger partial charge in [0.1, 0.15) is 11.5 Å². The minimum absolute atomic E-state index is 0.349. The molecule has 3 nitrogen and oxygen atoms in total. The molecule has 6 heteroatoms. The molecule has 0 saturated carbocycles. The molecular weight excluding hydrogens is 317 g/mol. The second kappa shape index (κ2) is 6.62. The zero-order valence-corrected chi connectivity index (χ0v) is 12.4. The number of alkyl halides is 3. The summed E-state index contributed by atoms with van der Waals surface area (Å²) in [5.74, 6) is 0.785. The van der Waals surface area contributed by atoms with Crippen LogP contribution in [0.2, 0.25) is 0 Å². The molecule has 3 rings (SSSR count). The van der Waals surface area contributed by atoms with Crippen molar-refractivity contribution in [2.24, 2.45) is 5.10 Å². The summed E-state index contributed by atoms with van der Waals surface area (Å²) in [6.45, 7) is 0. The van der Waals surface area contributed by atoms with Gasteiger partial charge in [0, 0.05) is 5.56 Å². The molecule has 0 atom stereocenters. The van der Waals surface area contributed by atoms with Crippen LogP contribution in [0.1, 0.15) is 11.3 Å². The van der Waals surface area contributed by atoms with Gasteiger partial charge in [-0.25, -0.2) is 0 Å². The first-order chi connectivity index (χ1) is 11.5. The predicted molar refractivity (Wildman–Crippen MR) is 86.8 cm³/mol. The second-order valence-corrected chi connectivity index (χ2v) is 5.02. The molecule has 0 fully saturated rings. The molecule has 1 N–H and O–H groups in total. The number of rotatable bonds is 4. The molecule has 0 aliphatic carbocycles. The van der Waals surface area contributed by atoms with Crippen LogP contribution in [0.25, 0.3) is 11.3 Å². The highest BCUT2D eigenvalue weighted by atomic mass is 19.4.